The van der Waals surface area contributed by atoms with E-state index in [0.29, 0.717) is 15.6 Å². The van der Waals surface area contributed by atoms with Crippen LogP contribution in [0.2, 0.25) is 5.02 Å². The molecule has 0 aliphatic carbocycles. The summed E-state index contributed by atoms with van der Waals surface area (Å²) in [5, 5.41) is 5.65. The normalized spacial score (nSPS) is 10.8. The molecule has 0 fully saturated rings. The zero-order chi connectivity index (χ0) is 20.1. The molecule has 0 aliphatic rings. The molecule has 0 aliphatic heterocycles. The molecule has 0 spiro atoms. The molecule has 0 atom stereocenters. The summed E-state index contributed by atoms with van der Waals surface area (Å²) in [5.41, 5.74) is 3.89. The summed E-state index contributed by atoms with van der Waals surface area (Å²) in [6.07, 6.45) is 3.06. The third-order valence-corrected chi connectivity index (χ3v) is 5.19. The van der Waals surface area contributed by atoms with E-state index in [2.05, 4.69) is 5.32 Å². The van der Waals surface area contributed by atoms with E-state index in [-0.39, 0.29) is 5.91 Å². The van der Waals surface area contributed by atoms with Crippen LogP contribution in [0.15, 0.2) is 60.0 Å². The van der Waals surface area contributed by atoms with Crippen molar-refractivity contribution in [3.05, 3.63) is 81.7 Å². The lowest BCUT2D eigenvalue weighted by atomic mass is 10.0. The Labute approximate surface area is 172 Å². The van der Waals surface area contributed by atoms with Crippen molar-refractivity contribution in [1.82, 2.24) is 0 Å². The second-order valence-electron chi connectivity index (χ2n) is 6.09. The first-order valence-electron chi connectivity index (χ1n) is 8.49. The topological polar surface area (TPSA) is 55.4 Å². The summed E-state index contributed by atoms with van der Waals surface area (Å²) in [6.45, 7) is 2.00. The summed E-state index contributed by atoms with van der Waals surface area (Å²) in [7, 11) is 1.32. The van der Waals surface area contributed by atoms with Gasteiger partial charge in [-0.2, -0.15) is 0 Å². The molecule has 1 aromatic heterocycles. The standard InChI is InChI=1S/C22H18ClNO3S/c1-14-6-9-16(10-7-14)18-13-28-21(20(18)22(26)27-2)24-19(25)11-8-15-4-3-5-17(23)12-15/h3-13H,1-2H3,(H,24,25). The van der Waals surface area contributed by atoms with Crippen molar-refractivity contribution < 1.29 is 14.3 Å². The van der Waals surface area contributed by atoms with Gasteiger partial charge in [-0.25, -0.2) is 4.79 Å². The second-order valence-corrected chi connectivity index (χ2v) is 7.40. The molecule has 2 aromatic carbocycles. The Kier molecular flexibility index (Phi) is 6.29. The van der Waals surface area contributed by atoms with Crippen molar-refractivity contribution in [2.24, 2.45) is 0 Å². The van der Waals surface area contributed by atoms with Gasteiger partial charge in [-0.05, 0) is 36.3 Å². The molecule has 0 unspecified atom stereocenters. The van der Waals surface area contributed by atoms with Gasteiger partial charge in [0.1, 0.15) is 10.6 Å². The molecule has 1 amide bonds. The van der Waals surface area contributed by atoms with E-state index < -0.39 is 5.97 Å². The van der Waals surface area contributed by atoms with E-state index in [4.69, 9.17) is 16.3 Å². The highest BCUT2D eigenvalue weighted by molar-refractivity contribution is 7.15. The Hall–Kier alpha value is -2.89. The Morgan fingerprint density at radius 3 is 2.57 bits per heavy atom. The summed E-state index contributed by atoms with van der Waals surface area (Å²) in [4.78, 5) is 24.7. The maximum absolute atomic E-state index is 12.4. The van der Waals surface area contributed by atoms with E-state index in [1.165, 1.54) is 24.5 Å². The SMILES string of the molecule is COC(=O)c1c(-c2ccc(C)cc2)csc1NC(=O)C=Cc1cccc(Cl)c1. The lowest BCUT2D eigenvalue weighted by molar-refractivity contribution is -0.111. The number of esters is 1. The largest absolute Gasteiger partial charge is 0.465 e. The number of anilines is 1. The van der Waals surface area contributed by atoms with E-state index in [1.54, 1.807) is 18.2 Å². The number of amides is 1. The van der Waals surface area contributed by atoms with Crippen LogP contribution >= 0.6 is 22.9 Å². The van der Waals surface area contributed by atoms with Crippen molar-refractivity contribution in [2.75, 3.05) is 12.4 Å². The van der Waals surface area contributed by atoms with Crippen LogP contribution in [0.5, 0.6) is 0 Å². The van der Waals surface area contributed by atoms with Crippen LogP contribution in [-0.2, 0) is 9.53 Å². The number of rotatable bonds is 5. The quantitative estimate of drug-likeness (QED) is 0.425. The number of aryl methyl sites for hydroxylation is 1. The molecule has 6 heteroatoms. The van der Waals surface area contributed by atoms with Gasteiger partial charge in [0.15, 0.2) is 0 Å². The third-order valence-electron chi connectivity index (χ3n) is 4.06. The minimum Gasteiger partial charge on any atom is -0.465 e. The summed E-state index contributed by atoms with van der Waals surface area (Å²) in [6, 6.07) is 15.0. The fourth-order valence-electron chi connectivity index (χ4n) is 2.64. The van der Waals surface area contributed by atoms with E-state index in [1.807, 2.05) is 48.7 Å². The van der Waals surface area contributed by atoms with Gasteiger partial charge in [0.2, 0.25) is 5.91 Å². The van der Waals surface area contributed by atoms with Crippen molar-refractivity contribution in [3.8, 4) is 11.1 Å². The lowest BCUT2D eigenvalue weighted by Gasteiger charge is -2.07. The number of nitrogens with one attached hydrogen (secondary N) is 1. The van der Waals surface area contributed by atoms with Crippen LogP contribution in [0.1, 0.15) is 21.5 Å². The van der Waals surface area contributed by atoms with E-state index in [0.717, 1.165) is 22.3 Å². The van der Waals surface area contributed by atoms with Gasteiger partial charge < -0.3 is 10.1 Å². The second kappa shape index (κ2) is 8.87. The van der Waals surface area contributed by atoms with E-state index >= 15 is 0 Å². The molecule has 3 rings (SSSR count). The molecule has 0 bridgehead atoms. The number of thiophene rings is 1. The van der Waals surface area contributed by atoms with Gasteiger partial charge in [0.25, 0.3) is 0 Å². The zero-order valence-electron chi connectivity index (χ0n) is 15.4. The zero-order valence-corrected chi connectivity index (χ0v) is 16.9. The van der Waals surface area contributed by atoms with Gasteiger partial charge in [-0.15, -0.1) is 11.3 Å². The Bertz CT molecular complexity index is 1040. The number of carbonyl (C=O) groups excluding carboxylic acids is 2. The average molecular weight is 412 g/mol. The molecule has 0 saturated carbocycles. The highest BCUT2D eigenvalue weighted by Gasteiger charge is 2.21. The van der Waals surface area contributed by atoms with Crippen LogP contribution in [0, 0.1) is 6.92 Å². The number of carbonyl (C=O) groups is 2. The summed E-state index contributed by atoms with van der Waals surface area (Å²) in [5.74, 6) is -0.839. The van der Waals surface area contributed by atoms with Gasteiger partial charge in [-0.1, -0.05) is 53.6 Å². The van der Waals surface area contributed by atoms with Crippen LogP contribution in [0.3, 0.4) is 0 Å². The van der Waals surface area contributed by atoms with Crippen molar-refractivity contribution in [1.29, 1.82) is 0 Å². The molecular formula is C22H18ClNO3S. The minimum atomic E-state index is -0.494. The Balaban J connectivity index is 1.86. The molecule has 142 valence electrons. The predicted molar refractivity (Wildman–Crippen MR) is 115 cm³/mol. The summed E-state index contributed by atoms with van der Waals surface area (Å²) >= 11 is 7.23. The Morgan fingerprint density at radius 1 is 1.14 bits per heavy atom. The maximum atomic E-state index is 12.4. The van der Waals surface area contributed by atoms with Gasteiger partial charge in [0.05, 0.1) is 7.11 Å². The molecule has 1 heterocycles. The smallest absolute Gasteiger partial charge is 0.341 e. The number of halogens is 1. The highest BCUT2D eigenvalue weighted by atomic mass is 35.5. The first kappa shape index (κ1) is 19.9. The Morgan fingerprint density at radius 2 is 1.89 bits per heavy atom. The van der Waals surface area contributed by atoms with Gasteiger partial charge in [-0.3, -0.25) is 4.79 Å². The van der Waals surface area contributed by atoms with Crippen LogP contribution in [0.25, 0.3) is 17.2 Å². The maximum Gasteiger partial charge on any atom is 0.341 e. The summed E-state index contributed by atoms with van der Waals surface area (Å²) < 4.78 is 4.93. The number of methoxy groups -OCH3 is 1. The molecule has 28 heavy (non-hydrogen) atoms. The van der Waals surface area contributed by atoms with Gasteiger partial charge >= 0.3 is 5.97 Å². The fraction of sp³-hybridized carbons (Fsp3) is 0.0909. The predicted octanol–water partition coefficient (Wildman–Crippen LogP) is 5.82. The molecule has 3 aromatic rings. The number of benzene rings is 2. The van der Waals surface area contributed by atoms with Gasteiger partial charge in [0, 0.05) is 22.0 Å². The van der Waals surface area contributed by atoms with Crippen molar-refractivity contribution in [2.45, 2.75) is 6.92 Å². The first-order valence-corrected chi connectivity index (χ1v) is 9.75. The van der Waals surface area contributed by atoms with Crippen molar-refractivity contribution >= 4 is 45.9 Å². The molecule has 0 saturated heterocycles. The van der Waals surface area contributed by atoms with Crippen LogP contribution in [-0.4, -0.2) is 19.0 Å². The fourth-order valence-corrected chi connectivity index (χ4v) is 3.79. The molecular weight excluding hydrogens is 394 g/mol. The average Bonchev–Trinajstić information content (AvgIpc) is 3.10. The van der Waals surface area contributed by atoms with Crippen LogP contribution < -0.4 is 5.32 Å². The number of hydrogen-bond donors (Lipinski definition) is 1. The molecule has 1 N–H and O–H groups in total. The number of hydrogen-bond acceptors (Lipinski definition) is 4. The highest BCUT2D eigenvalue weighted by Crippen LogP contribution is 2.36. The number of ether oxygens (including phenoxy) is 1. The minimum absolute atomic E-state index is 0.345. The lowest BCUT2D eigenvalue weighted by Crippen LogP contribution is -2.11. The van der Waals surface area contributed by atoms with Crippen molar-refractivity contribution in [3.63, 3.8) is 0 Å². The molecule has 4 nitrogen and oxygen atoms in total. The third kappa shape index (κ3) is 4.68. The van der Waals surface area contributed by atoms with Crippen LogP contribution in [0.4, 0.5) is 5.00 Å². The first-order chi connectivity index (χ1) is 13.5. The van der Waals surface area contributed by atoms with E-state index in [9.17, 15) is 9.59 Å². The molecule has 0 radical (unpaired) electrons. The monoisotopic (exact) mass is 411 g/mol.